The van der Waals surface area contributed by atoms with Crippen LogP contribution in [-0.4, -0.2) is 34.6 Å². The van der Waals surface area contributed by atoms with Crippen LogP contribution in [0.4, 0.5) is 0 Å². The number of esters is 1. The molecule has 0 spiro atoms. The zero-order chi connectivity index (χ0) is 15.2. The molecule has 0 heterocycles. The summed E-state index contributed by atoms with van der Waals surface area (Å²) in [5.74, 6) is -0.553. The molecule has 0 aliphatic heterocycles. The standard InChI is InChI=1S/C13H20N2O4S.ClH/c1-10-11(13(16)19-2)6-5-7-12(10)20(17,18)15-9-4-3-8-14;/h5-7,15H,3-4,8-9,14H2,1-2H3;1H. The largest absolute Gasteiger partial charge is 0.465 e. The van der Waals surface area contributed by atoms with Crippen LogP contribution in [0.1, 0.15) is 28.8 Å². The third-order valence-electron chi connectivity index (χ3n) is 2.90. The Morgan fingerprint density at radius 2 is 2.00 bits per heavy atom. The minimum absolute atomic E-state index is 0. The summed E-state index contributed by atoms with van der Waals surface area (Å²) in [5.41, 5.74) is 5.98. The van der Waals surface area contributed by atoms with Crippen molar-refractivity contribution < 1.29 is 17.9 Å². The lowest BCUT2D eigenvalue weighted by molar-refractivity contribution is 0.0599. The van der Waals surface area contributed by atoms with Gasteiger partial charge in [0.15, 0.2) is 0 Å². The van der Waals surface area contributed by atoms with Gasteiger partial charge in [0.2, 0.25) is 10.0 Å². The van der Waals surface area contributed by atoms with Crippen LogP contribution in [0, 0.1) is 6.92 Å². The second-order valence-corrected chi connectivity index (χ2v) is 6.05. The molecule has 0 saturated heterocycles. The molecule has 1 rings (SSSR count). The Hall–Kier alpha value is -1.15. The Morgan fingerprint density at radius 1 is 1.33 bits per heavy atom. The van der Waals surface area contributed by atoms with Crippen LogP contribution in [0.15, 0.2) is 23.1 Å². The number of benzene rings is 1. The van der Waals surface area contributed by atoms with Crippen molar-refractivity contribution in [3.05, 3.63) is 29.3 Å². The average molecular weight is 337 g/mol. The second-order valence-electron chi connectivity index (χ2n) is 4.31. The smallest absolute Gasteiger partial charge is 0.338 e. The molecule has 0 bridgehead atoms. The Labute approximate surface area is 131 Å². The van der Waals surface area contributed by atoms with Crippen LogP contribution in [-0.2, 0) is 14.8 Å². The molecule has 1 aromatic rings. The lowest BCUT2D eigenvalue weighted by Gasteiger charge is -2.11. The first-order valence-electron chi connectivity index (χ1n) is 6.31. The van der Waals surface area contributed by atoms with Gasteiger partial charge in [0.1, 0.15) is 0 Å². The predicted octanol–water partition coefficient (Wildman–Crippen LogP) is 1.22. The van der Waals surface area contributed by atoms with Gasteiger partial charge in [0.05, 0.1) is 17.6 Å². The number of sulfonamides is 1. The summed E-state index contributed by atoms with van der Waals surface area (Å²) < 4.78 is 31.5. The summed E-state index contributed by atoms with van der Waals surface area (Å²) in [5, 5.41) is 0. The molecule has 0 unspecified atom stereocenters. The number of rotatable bonds is 7. The topological polar surface area (TPSA) is 98.5 Å². The fourth-order valence-corrected chi connectivity index (χ4v) is 3.13. The first-order chi connectivity index (χ1) is 9.44. The minimum atomic E-state index is -3.63. The van der Waals surface area contributed by atoms with E-state index in [0.717, 1.165) is 6.42 Å². The van der Waals surface area contributed by atoms with Crippen molar-refractivity contribution in [2.24, 2.45) is 5.73 Å². The molecular weight excluding hydrogens is 316 g/mol. The Bertz CT molecular complexity index is 576. The SMILES string of the molecule is COC(=O)c1cccc(S(=O)(=O)NCCCCN)c1C.Cl. The van der Waals surface area contributed by atoms with E-state index in [1.165, 1.54) is 25.3 Å². The molecule has 0 radical (unpaired) electrons. The van der Waals surface area contributed by atoms with E-state index < -0.39 is 16.0 Å². The van der Waals surface area contributed by atoms with Crippen LogP contribution in [0.2, 0.25) is 0 Å². The third kappa shape index (κ3) is 5.28. The van der Waals surface area contributed by atoms with Gasteiger partial charge in [0.25, 0.3) is 0 Å². The zero-order valence-corrected chi connectivity index (χ0v) is 13.7. The maximum Gasteiger partial charge on any atom is 0.338 e. The van der Waals surface area contributed by atoms with Crippen LogP contribution in [0.25, 0.3) is 0 Å². The number of hydrogen-bond donors (Lipinski definition) is 2. The first-order valence-corrected chi connectivity index (χ1v) is 7.80. The van der Waals surface area contributed by atoms with Gasteiger partial charge >= 0.3 is 5.97 Å². The van der Waals surface area contributed by atoms with Crippen molar-refractivity contribution in [1.82, 2.24) is 4.72 Å². The summed E-state index contributed by atoms with van der Waals surface area (Å²) in [4.78, 5) is 11.7. The average Bonchev–Trinajstić information content (AvgIpc) is 2.43. The Balaban J connectivity index is 0.00000400. The molecule has 120 valence electrons. The van der Waals surface area contributed by atoms with E-state index in [1.807, 2.05) is 0 Å². The van der Waals surface area contributed by atoms with Crippen molar-refractivity contribution >= 4 is 28.4 Å². The first kappa shape index (κ1) is 19.9. The maximum absolute atomic E-state index is 12.2. The normalized spacial score (nSPS) is 10.8. The van der Waals surface area contributed by atoms with Crippen LogP contribution >= 0.6 is 12.4 Å². The molecule has 0 fully saturated rings. The molecule has 0 saturated carbocycles. The molecular formula is C13H21ClN2O4S. The van der Waals surface area contributed by atoms with Gasteiger partial charge in [-0.2, -0.15) is 0 Å². The second kappa shape index (κ2) is 8.99. The number of carbonyl (C=O) groups excluding carboxylic acids is 1. The summed E-state index contributed by atoms with van der Waals surface area (Å²) >= 11 is 0. The Kier molecular flexibility index (Phi) is 8.50. The molecule has 3 N–H and O–H groups in total. The number of halogens is 1. The molecule has 1 aromatic carbocycles. The molecule has 0 aliphatic carbocycles. The van der Waals surface area contributed by atoms with E-state index >= 15 is 0 Å². The van der Waals surface area contributed by atoms with Gasteiger partial charge in [-0.15, -0.1) is 12.4 Å². The highest BCUT2D eigenvalue weighted by atomic mass is 35.5. The quantitative estimate of drug-likeness (QED) is 0.576. The third-order valence-corrected chi connectivity index (χ3v) is 4.51. The Morgan fingerprint density at radius 3 is 2.57 bits per heavy atom. The van der Waals surface area contributed by atoms with Gasteiger partial charge in [0, 0.05) is 6.54 Å². The van der Waals surface area contributed by atoms with Crippen LogP contribution in [0.3, 0.4) is 0 Å². The van der Waals surface area contributed by atoms with Crippen LogP contribution < -0.4 is 10.5 Å². The molecule has 0 atom stereocenters. The molecule has 8 heteroatoms. The predicted molar refractivity (Wildman–Crippen MR) is 83.2 cm³/mol. The highest BCUT2D eigenvalue weighted by Crippen LogP contribution is 2.19. The number of carbonyl (C=O) groups is 1. The number of unbranched alkanes of at least 4 members (excludes halogenated alkanes) is 1. The number of methoxy groups -OCH3 is 1. The number of ether oxygens (including phenoxy) is 1. The van der Waals surface area contributed by atoms with Gasteiger partial charge in [-0.25, -0.2) is 17.9 Å². The van der Waals surface area contributed by atoms with Crippen molar-refractivity contribution in [1.29, 1.82) is 0 Å². The molecule has 21 heavy (non-hydrogen) atoms. The van der Waals surface area contributed by atoms with E-state index in [2.05, 4.69) is 9.46 Å². The number of hydrogen-bond acceptors (Lipinski definition) is 5. The van der Waals surface area contributed by atoms with E-state index in [-0.39, 0.29) is 22.9 Å². The van der Waals surface area contributed by atoms with Crippen LogP contribution in [0.5, 0.6) is 0 Å². The number of nitrogens with two attached hydrogens (primary N) is 1. The van der Waals surface area contributed by atoms with E-state index in [0.29, 0.717) is 25.1 Å². The maximum atomic E-state index is 12.2. The molecule has 0 aliphatic rings. The van der Waals surface area contributed by atoms with E-state index in [9.17, 15) is 13.2 Å². The van der Waals surface area contributed by atoms with Gasteiger partial charge < -0.3 is 10.5 Å². The molecule has 0 amide bonds. The molecule has 0 aromatic heterocycles. The monoisotopic (exact) mass is 336 g/mol. The molecule has 6 nitrogen and oxygen atoms in total. The highest BCUT2D eigenvalue weighted by molar-refractivity contribution is 7.89. The van der Waals surface area contributed by atoms with Crippen molar-refractivity contribution in [3.8, 4) is 0 Å². The van der Waals surface area contributed by atoms with E-state index in [1.54, 1.807) is 6.92 Å². The summed E-state index contributed by atoms with van der Waals surface area (Å²) in [6, 6.07) is 4.52. The summed E-state index contributed by atoms with van der Waals surface area (Å²) in [6.45, 7) is 2.43. The van der Waals surface area contributed by atoms with Crippen molar-refractivity contribution in [2.45, 2.75) is 24.7 Å². The zero-order valence-electron chi connectivity index (χ0n) is 12.1. The highest BCUT2D eigenvalue weighted by Gasteiger charge is 2.20. The summed E-state index contributed by atoms with van der Waals surface area (Å²) in [6.07, 6.45) is 1.43. The van der Waals surface area contributed by atoms with Crippen molar-refractivity contribution in [3.63, 3.8) is 0 Å². The summed E-state index contributed by atoms with van der Waals surface area (Å²) in [7, 11) is -2.38. The van der Waals surface area contributed by atoms with Gasteiger partial charge in [-0.1, -0.05) is 6.07 Å². The van der Waals surface area contributed by atoms with Crippen molar-refractivity contribution in [2.75, 3.05) is 20.2 Å². The lowest BCUT2D eigenvalue weighted by atomic mass is 10.1. The lowest BCUT2D eigenvalue weighted by Crippen LogP contribution is -2.26. The van der Waals surface area contributed by atoms with Gasteiger partial charge in [-0.05, 0) is 44.0 Å². The fraction of sp³-hybridized carbons (Fsp3) is 0.462. The van der Waals surface area contributed by atoms with E-state index in [4.69, 9.17) is 5.73 Å². The minimum Gasteiger partial charge on any atom is -0.465 e. The number of nitrogens with one attached hydrogen (secondary N) is 1. The van der Waals surface area contributed by atoms with Gasteiger partial charge in [-0.3, -0.25) is 0 Å². The fourth-order valence-electron chi connectivity index (χ4n) is 1.79.